The Morgan fingerprint density at radius 1 is 1.05 bits per heavy atom. The highest BCUT2D eigenvalue weighted by molar-refractivity contribution is 5.91. The van der Waals surface area contributed by atoms with E-state index in [1.54, 1.807) is 36.4 Å². The minimum atomic E-state index is -0.379. The SMILES string of the molecule is COc1ccc(CCC(=O)Nc2ccc(C3CCN(C(=O)c4ncn(-c5cccc(F)c5)n4)CC3)cc2)cn1. The lowest BCUT2D eigenvalue weighted by Crippen LogP contribution is -2.38. The molecule has 2 amide bonds. The maximum absolute atomic E-state index is 13.5. The van der Waals surface area contributed by atoms with Crippen molar-refractivity contribution in [3.63, 3.8) is 0 Å². The van der Waals surface area contributed by atoms with E-state index in [2.05, 4.69) is 20.4 Å². The van der Waals surface area contributed by atoms with Crippen LogP contribution in [0.2, 0.25) is 0 Å². The zero-order chi connectivity index (χ0) is 27.2. The second kappa shape index (κ2) is 11.8. The van der Waals surface area contributed by atoms with Crippen molar-refractivity contribution in [2.75, 3.05) is 25.5 Å². The molecule has 1 aliphatic heterocycles. The number of pyridine rings is 1. The smallest absolute Gasteiger partial charge is 0.293 e. The molecule has 0 aliphatic carbocycles. The molecule has 5 rings (SSSR count). The zero-order valence-electron chi connectivity index (χ0n) is 21.6. The molecule has 1 N–H and O–H groups in total. The Bertz CT molecular complexity index is 1430. The number of aromatic nitrogens is 4. The van der Waals surface area contributed by atoms with Gasteiger partial charge in [0.05, 0.1) is 12.8 Å². The first-order valence-electron chi connectivity index (χ1n) is 12.8. The molecule has 1 aliphatic rings. The molecule has 0 saturated carbocycles. The number of amides is 2. The number of likely N-dealkylation sites (tertiary alicyclic amines) is 1. The largest absolute Gasteiger partial charge is 0.481 e. The number of carbonyl (C=O) groups excluding carboxylic acids is 2. The third-order valence-electron chi connectivity index (χ3n) is 6.85. The number of ether oxygens (including phenoxy) is 1. The van der Waals surface area contributed by atoms with Gasteiger partial charge in [0.1, 0.15) is 12.1 Å². The second-order valence-electron chi connectivity index (χ2n) is 9.44. The van der Waals surface area contributed by atoms with Gasteiger partial charge >= 0.3 is 0 Å². The molecule has 0 bridgehead atoms. The number of carbonyl (C=O) groups is 2. The Morgan fingerprint density at radius 2 is 1.85 bits per heavy atom. The molecule has 0 atom stereocenters. The standard InChI is InChI=1S/C29H29FN6O3/c1-39-27-12-6-20(18-31-27)5-11-26(37)33-24-9-7-21(8-10-24)22-13-15-35(16-14-22)29(38)28-32-19-36(34-28)25-4-2-3-23(30)17-25/h2-4,6-10,12,17-19,22H,5,11,13-16H2,1H3,(H,33,37). The van der Waals surface area contributed by atoms with Crippen molar-refractivity contribution in [3.05, 3.63) is 96.0 Å². The molecule has 0 unspecified atom stereocenters. The van der Waals surface area contributed by atoms with Gasteiger partial charge in [-0.1, -0.05) is 24.3 Å². The van der Waals surface area contributed by atoms with Gasteiger partial charge < -0.3 is 15.0 Å². The Labute approximate surface area is 225 Å². The maximum Gasteiger partial charge on any atom is 0.293 e. The van der Waals surface area contributed by atoms with Crippen molar-refractivity contribution >= 4 is 17.5 Å². The van der Waals surface area contributed by atoms with E-state index >= 15 is 0 Å². The number of hydrogen-bond acceptors (Lipinski definition) is 6. The Hall–Kier alpha value is -4.60. The summed E-state index contributed by atoms with van der Waals surface area (Å²) in [6, 6.07) is 17.6. The molecule has 9 nitrogen and oxygen atoms in total. The minimum Gasteiger partial charge on any atom is -0.481 e. The molecule has 2 aromatic carbocycles. The quantitative estimate of drug-likeness (QED) is 0.364. The highest BCUT2D eigenvalue weighted by Gasteiger charge is 2.26. The van der Waals surface area contributed by atoms with Crippen LogP contribution >= 0.6 is 0 Å². The number of hydrogen-bond donors (Lipinski definition) is 1. The van der Waals surface area contributed by atoms with E-state index < -0.39 is 0 Å². The normalized spacial score (nSPS) is 13.7. The van der Waals surface area contributed by atoms with Crippen molar-refractivity contribution in [2.24, 2.45) is 0 Å². The molecule has 2 aromatic heterocycles. The zero-order valence-corrected chi connectivity index (χ0v) is 21.6. The average molecular weight is 529 g/mol. The van der Waals surface area contributed by atoms with E-state index in [4.69, 9.17) is 4.74 Å². The molecule has 39 heavy (non-hydrogen) atoms. The number of nitrogens with zero attached hydrogens (tertiary/aromatic N) is 5. The number of nitrogens with one attached hydrogen (secondary N) is 1. The summed E-state index contributed by atoms with van der Waals surface area (Å²) in [4.78, 5) is 35.4. The predicted octanol–water partition coefficient (Wildman–Crippen LogP) is 4.40. The third-order valence-corrected chi connectivity index (χ3v) is 6.85. The van der Waals surface area contributed by atoms with Gasteiger partial charge in [0.25, 0.3) is 5.91 Å². The molecule has 1 saturated heterocycles. The van der Waals surface area contributed by atoms with Crippen LogP contribution < -0.4 is 10.1 Å². The van der Waals surface area contributed by atoms with Crippen LogP contribution in [0, 0.1) is 5.82 Å². The lowest BCUT2D eigenvalue weighted by atomic mass is 9.89. The first-order chi connectivity index (χ1) is 19.0. The van der Waals surface area contributed by atoms with Gasteiger partial charge in [-0.05, 0) is 66.6 Å². The van der Waals surface area contributed by atoms with Gasteiger partial charge in [0, 0.05) is 37.5 Å². The van der Waals surface area contributed by atoms with Crippen molar-refractivity contribution in [1.29, 1.82) is 0 Å². The fourth-order valence-electron chi connectivity index (χ4n) is 4.66. The summed E-state index contributed by atoms with van der Waals surface area (Å²) in [5.41, 5.74) is 3.42. The van der Waals surface area contributed by atoms with E-state index in [1.807, 2.05) is 30.3 Å². The van der Waals surface area contributed by atoms with Crippen molar-refractivity contribution in [3.8, 4) is 11.6 Å². The number of anilines is 1. The fourth-order valence-corrected chi connectivity index (χ4v) is 4.66. The highest BCUT2D eigenvalue weighted by atomic mass is 19.1. The molecular formula is C29H29FN6O3. The Balaban J connectivity index is 1.10. The van der Waals surface area contributed by atoms with Gasteiger partial charge in [-0.2, -0.15) is 0 Å². The predicted molar refractivity (Wildman–Crippen MR) is 143 cm³/mol. The minimum absolute atomic E-state index is 0.0566. The summed E-state index contributed by atoms with van der Waals surface area (Å²) in [5, 5.41) is 7.20. The Kier molecular flexibility index (Phi) is 7.91. The lowest BCUT2D eigenvalue weighted by Gasteiger charge is -2.31. The molecule has 3 heterocycles. The number of methoxy groups -OCH3 is 1. The fraction of sp³-hybridized carbons (Fsp3) is 0.276. The van der Waals surface area contributed by atoms with E-state index in [1.165, 1.54) is 28.7 Å². The first-order valence-corrected chi connectivity index (χ1v) is 12.8. The van der Waals surface area contributed by atoms with Crippen LogP contribution in [0.1, 0.15) is 46.9 Å². The maximum atomic E-state index is 13.5. The van der Waals surface area contributed by atoms with Crippen molar-refractivity contribution in [2.45, 2.75) is 31.6 Å². The van der Waals surface area contributed by atoms with Gasteiger partial charge in [0.2, 0.25) is 17.6 Å². The van der Waals surface area contributed by atoms with Crippen LogP contribution in [0.3, 0.4) is 0 Å². The molecule has 1 fully saturated rings. The summed E-state index contributed by atoms with van der Waals surface area (Å²) in [5.74, 6) is 0.300. The highest BCUT2D eigenvalue weighted by Crippen LogP contribution is 2.29. The van der Waals surface area contributed by atoms with E-state index in [-0.39, 0.29) is 23.5 Å². The van der Waals surface area contributed by atoms with Crippen LogP contribution in [-0.4, -0.2) is 56.7 Å². The van der Waals surface area contributed by atoms with Gasteiger partial charge in [-0.3, -0.25) is 9.59 Å². The van der Waals surface area contributed by atoms with Crippen molar-refractivity contribution < 1.29 is 18.7 Å². The second-order valence-corrected chi connectivity index (χ2v) is 9.44. The van der Waals surface area contributed by atoms with E-state index in [9.17, 15) is 14.0 Å². The number of halogens is 1. The third kappa shape index (κ3) is 6.46. The summed E-state index contributed by atoms with van der Waals surface area (Å²) in [7, 11) is 1.57. The van der Waals surface area contributed by atoms with E-state index in [0.29, 0.717) is 43.4 Å². The molecule has 4 aromatic rings. The summed E-state index contributed by atoms with van der Waals surface area (Å²) < 4.78 is 20.0. The summed E-state index contributed by atoms with van der Waals surface area (Å²) in [6.45, 7) is 1.19. The van der Waals surface area contributed by atoms with Gasteiger partial charge in [-0.15, -0.1) is 5.10 Å². The Morgan fingerprint density at radius 3 is 2.54 bits per heavy atom. The molecule has 0 spiro atoms. The van der Waals surface area contributed by atoms with E-state index in [0.717, 1.165) is 24.1 Å². The lowest BCUT2D eigenvalue weighted by molar-refractivity contribution is -0.116. The summed E-state index contributed by atoms with van der Waals surface area (Å²) >= 11 is 0. The monoisotopic (exact) mass is 528 g/mol. The van der Waals surface area contributed by atoms with Crippen LogP contribution in [0.4, 0.5) is 10.1 Å². The number of piperidine rings is 1. The van der Waals surface area contributed by atoms with Gasteiger partial charge in [-0.25, -0.2) is 19.0 Å². The topological polar surface area (TPSA) is 102 Å². The van der Waals surface area contributed by atoms with Crippen molar-refractivity contribution in [1.82, 2.24) is 24.6 Å². The molecular weight excluding hydrogens is 499 g/mol. The molecule has 10 heteroatoms. The average Bonchev–Trinajstić information content (AvgIpc) is 3.47. The van der Waals surface area contributed by atoms with Crippen LogP contribution in [0.25, 0.3) is 5.69 Å². The molecule has 200 valence electrons. The number of benzene rings is 2. The number of aryl methyl sites for hydroxylation is 1. The van der Waals surface area contributed by atoms with Crippen LogP contribution in [0.15, 0.2) is 73.2 Å². The van der Waals surface area contributed by atoms with Gasteiger partial charge in [0.15, 0.2) is 0 Å². The van der Waals surface area contributed by atoms with Crippen LogP contribution in [-0.2, 0) is 11.2 Å². The summed E-state index contributed by atoms with van der Waals surface area (Å²) in [6.07, 6.45) is 5.73. The number of rotatable bonds is 8. The molecule has 0 radical (unpaired) electrons. The first kappa shape index (κ1) is 26.0. The van der Waals surface area contributed by atoms with Crippen LogP contribution in [0.5, 0.6) is 5.88 Å².